The van der Waals surface area contributed by atoms with E-state index in [0.29, 0.717) is 10.7 Å². The highest BCUT2D eigenvalue weighted by molar-refractivity contribution is 6.33. The molecule has 4 nitrogen and oxygen atoms in total. The van der Waals surface area contributed by atoms with Gasteiger partial charge in [-0.1, -0.05) is 36.9 Å². The molecule has 5 heteroatoms. The molecule has 1 fully saturated rings. The Morgan fingerprint density at radius 1 is 1.35 bits per heavy atom. The van der Waals surface area contributed by atoms with Gasteiger partial charge in [0.05, 0.1) is 16.3 Å². The summed E-state index contributed by atoms with van der Waals surface area (Å²) in [6.45, 7) is 2.22. The standard InChI is InChI=1S/C15H21ClN2O2/c1-11-5-6-13(12(16)9-11)18-14(19)17-10-15(20)7-3-2-4-8-15/h5-6,9,20H,2-4,7-8,10H2,1H3,(H2,17,18,19). The van der Waals surface area contributed by atoms with Crippen LogP contribution in [0, 0.1) is 6.92 Å². The smallest absolute Gasteiger partial charge is 0.319 e. The maximum atomic E-state index is 11.8. The normalized spacial score (nSPS) is 17.6. The third-order valence-electron chi connectivity index (χ3n) is 3.74. The minimum Gasteiger partial charge on any atom is -0.388 e. The molecule has 1 aliphatic carbocycles. The fraction of sp³-hybridized carbons (Fsp3) is 0.533. The average Bonchev–Trinajstić information content (AvgIpc) is 2.41. The molecule has 20 heavy (non-hydrogen) atoms. The van der Waals surface area contributed by atoms with Crippen LogP contribution in [0.2, 0.25) is 5.02 Å². The number of anilines is 1. The Kier molecular flexibility index (Phi) is 4.89. The first-order valence-corrected chi connectivity index (χ1v) is 7.40. The fourth-order valence-electron chi connectivity index (χ4n) is 2.52. The van der Waals surface area contributed by atoms with E-state index in [1.54, 1.807) is 12.1 Å². The minimum absolute atomic E-state index is 0.280. The number of nitrogens with one attached hydrogen (secondary N) is 2. The Balaban J connectivity index is 1.86. The molecule has 1 aliphatic rings. The minimum atomic E-state index is -0.757. The van der Waals surface area contributed by atoms with Crippen molar-refractivity contribution in [2.24, 2.45) is 0 Å². The second-order valence-corrected chi connectivity index (χ2v) is 5.98. The van der Waals surface area contributed by atoms with Crippen molar-refractivity contribution in [1.29, 1.82) is 0 Å². The van der Waals surface area contributed by atoms with Crippen LogP contribution in [0.25, 0.3) is 0 Å². The molecular weight excluding hydrogens is 276 g/mol. The molecular formula is C15H21ClN2O2. The van der Waals surface area contributed by atoms with E-state index in [-0.39, 0.29) is 12.6 Å². The SMILES string of the molecule is Cc1ccc(NC(=O)NCC2(O)CCCCC2)c(Cl)c1. The summed E-state index contributed by atoms with van der Waals surface area (Å²) in [6.07, 6.45) is 4.69. The predicted molar refractivity (Wildman–Crippen MR) is 81.2 cm³/mol. The first-order valence-electron chi connectivity index (χ1n) is 7.02. The first kappa shape index (κ1) is 15.1. The van der Waals surface area contributed by atoms with Gasteiger partial charge >= 0.3 is 6.03 Å². The van der Waals surface area contributed by atoms with E-state index < -0.39 is 5.60 Å². The van der Waals surface area contributed by atoms with Gasteiger partial charge < -0.3 is 15.7 Å². The van der Waals surface area contributed by atoms with E-state index in [1.165, 1.54) is 0 Å². The summed E-state index contributed by atoms with van der Waals surface area (Å²) in [7, 11) is 0. The molecule has 0 spiro atoms. The zero-order chi connectivity index (χ0) is 14.6. The molecule has 1 saturated carbocycles. The number of hydrogen-bond donors (Lipinski definition) is 3. The van der Waals surface area contributed by atoms with E-state index in [0.717, 1.165) is 37.7 Å². The maximum Gasteiger partial charge on any atom is 0.319 e. The molecule has 0 saturated heterocycles. The third-order valence-corrected chi connectivity index (χ3v) is 4.05. The van der Waals surface area contributed by atoms with Gasteiger partial charge in [0.1, 0.15) is 0 Å². The number of benzene rings is 1. The Morgan fingerprint density at radius 3 is 2.70 bits per heavy atom. The molecule has 0 aliphatic heterocycles. The zero-order valence-corrected chi connectivity index (χ0v) is 12.5. The van der Waals surface area contributed by atoms with Crippen molar-refractivity contribution in [1.82, 2.24) is 5.32 Å². The number of halogens is 1. The molecule has 0 aromatic heterocycles. The molecule has 1 aromatic rings. The van der Waals surface area contributed by atoms with Crippen LogP contribution in [0.3, 0.4) is 0 Å². The van der Waals surface area contributed by atoms with Gasteiger partial charge in [0.15, 0.2) is 0 Å². The second kappa shape index (κ2) is 6.46. The number of amides is 2. The van der Waals surface area contributed by atoms with E-state index in [1.807, 2.05) is 13.0 Å². The molecule has 3 N–H and O–H groups in total. The van der Waals surface area contributed by atoms with Crippen LogP contribution in [0.1, 0.15) is 37.7 Å². The summed E-state index contributed by atoms with van der Waals surface area (Å²) in [4.78, 5) is 11.8. The van der Waals surface area contributed by atoms with Gasteiger partial charge in [-0.3, -0.25) is 0 Å². The van der Waals surface area contributed by atoms with E-state index >= 15 is 0 Å². The fourth-order valence-corrected chi connectivity index (χ4v) is 2.80. The van der Waals surface area contributed by atoms with Gasteiger partial charge in [-0.15, -0.1) is 0 Å². The highest BCUT2D eigenvalue weighted by atomic mass is 35.5. The summed E-state index contributed by atoms with van der Waals surface area (Å²) in [5.41, 5.74) is 0.856. The van der Waals surface area contributed by atoms with Crippen LogP contribution in [0.4, 0.5) is 10.5 Å². The van der Waals surface area contributed by atoms with Crippen molar-refractivity contribution in [3.05, 3.63) is 28.8 Å². The number of hydrogen-bond acceptors (Lipinski definition) is 2. The summed E-state index contributed by atoms with van der Waals surface area (Å²) in [6, 6.07) is 5.11. The predicted octanol–water partition coefficient (Wildman–Crippen LogP) is 3.47. The molecule has 0 bridgehead atoms. The van der Waals surface area contributed by atoms with Crippen LogP contribution in [0.5, 0.6) is 0 Å². The van der Waals surface area contributed by atoms with Gasteiger partial charge in [-0.2, -0.15) is 0 Å². The Bertz CT molecular complexity index is 485. The van der Waals surface area contributed by atoms with Gasteiger partial charge in [0.25, 0.3) is 0 Å². The molecule has 0 atom stereocenters. The number of carbonyl (C=O) groups is 1. The highest BCUT2D eigenvalue weighted by Crippen LogP contribution is 2.27. The number of rotatable bonds is 3. The van der Waals surface area contributed by atoms with Gasteiger partial charge in [-0.05, 0) is 37.5 Å². The number of aryl methyl sites for hydroxylation is 1. The quantitative estimate of drug-likeness (QED) is 0.800. The molecule has 2 rings (SSSR count). The summed E-state index contributed by atoms with van der Waals surface area (Å²) in [5, 5.41) is 16.2. The van der Waals surface area contributed by atoms with Crippen LogP contribution in [-0.4, -0.2) is 23.3 Å². The Labute approximate surface area is 124 Å². The van der Waals surface area contributed by atoms with Gasteiger partial charge in [0.2, 0.25) is 0 Å². The summed E-state index contributed by atoms with van der Waals surface area (Å²) >= 11 is 6.06. The van der Waals surface area contributed by atoms with Crippen molar-refractivity contribution >= 4 is 23.3 Å². The van der Waals surface area contributed by atoms with E-state index in [4.69, 9.17) is 11.6 Å². The lowest BCUT2D eigenvalue weighted by Gasteiger charge is -2.32. The lowest BCUT2D eigenvalue weighted by Crippen LogP contribution is -2.45. The van der Waals surface area contributed by atoms with Crippen molar-refractivity contribution in [3.8, 4) is 0 Å². The molecule has 0 heterocycles. The number of carbonyl (C=O) groups excluding carboxylic acids is 1. The largest absolute Gasteiger partial charge is 0.388 e. The monoisotopic (exact) mass is 296 g/mol. The van der Waals surface area contributed by atoms with Crippen LogP contribution < -0.4 is 10.6 Å². The average molecular weight is 297 g/mol. The van der Waals surface area contributed by atoms with E-state index in [2.05, 4.69) is 10.6 Å². The summed E-state index contributed by atoms with van der Waals surface area (Å²) < 4.78 is 0. The van der Waals surface area contributed by atoms with Crippen molar-refractivity contribution in [2.75, 3.05) is 11.9 Å². The third kappa shape index (κ3) is 4.12. The number of aliphatic hydroxyl groups is 1. The molecule has 0 radical (unpaired) electrons. The second-order valence-electron chi connectivity index (χ2n) is 5.58. The Morgan fingerprint density at radius 2 is 2.05 bits per heavy atom. The topological polar surface area (TPSA) is 61.4 Å². The van der Waals surface area contributed by atoms with Crippen molar-refractivity contribution < 1.29 is 9.90 Å². The number of urea groups is 1. The summed E-state index contributed by atoms with van der Waals surface area (Å²) in [5.74, 6) is 0. The lowest BCUT2D eigenvalue weighted by molar-refractivity contribution is 0.00755. The van der Waals surface area contributed by atoms with Crippen LogP contribution in [-0.2, 0) is 0 Å². The van der Waals surface area contributed by atoms with Crippen LogP contribution in [0.15, 0.2) is 18.2 Å². The Hall–Kier alpha value is -1.26. The van der Waals surface area contributed by atoms with Crippen LogP contribution >= 0.6 is 11.6 Å². The van der Waals surface area contributed by atoms with Crippen molar-refractivity contribution in [2.45, 2.75) is 44.6 Å². The lowest BCUT2D eigenvalue weighted by atomic mass is 9.85. The molecule has 1 aromatic carbocycles. The highest BCUT2D eigenvalue weighted by Gasteiger charge is 2.29. The molecule has 2 amide bonds. The van der Waals surface area contributed by atoms with Gasteiger partial charge in [0, 0.05) is 6.54 Å². The van der Waals surface area contributed by atoms with Gasteiger partial charge in [-0.25, -0.2) is 4.79 Å². The van der Waals surface area contributed by atoms with Crippen molar-refractivity contribution in [3.63, 3.8) is 0 Å². The molecule has 110 valence electrons. The zero-order valence-electron chi connectivity index (χ0n) is 11.7. The molecule has 0 unspecified atom stereocenters. The first-order chi connectivity index (χ1) is 9.48. The maximum absolute atomic E-state index is 11.8. The van der Waals surface area contributed by atoms with E-state index in [9.17, 15) is 9.90 Å².